The summed E-state index contributed by atoms with van der Waals surface area (Å²) in [5.74, 6) is 1.40. The Hall–Kier alpha value is -3.84. The number of anilines is 1. The number of sulfonamides is 1. The van der Waals surface area contributed by atoms with Crippen LogP contribution in [0.4, 0.5) is 10.5 Å². The maximum absolute atomic E-state index is 14.3. The van der Waals surface area contributed by atoms with Gasteiger partial charge >= 0.3 is 6.09 Å². The highest BCUT2D eigenvalue weighted by atomic mass is 32.2. The number of ether oxygens (including phenoxy) is 4. The maximum atomic E-state index is 14.3. The van der Waals surface area contributed by atoms with Crippen LogP contribution >= 0.6 is 0 Å². The summed E-state index contributed by atoms with van der Waals surface area (Å²) in [4.78, 5) is 14.1. The molecule has 0 radical (unpaired) electrons. The van der Waals surface area contributed by atoms with Gasteiger partial charge in [0.15, 0.2) is 0 Å². The first kappa shape index (κ1) is 36.4. The summed E-state index contributed by atoms with van der Waals surface area (Å²) in [6, 6.07) is 19.8. The highest BCUT2D eigenvalue weighted by Crippen LogP contribution is 2.40. The number of amides is 1. The molecule has 2 N–H and O–H groups in total. The second-order valence-corrected chi connectivity index (χ2v) is 14.7. The molecule has 1 amide bonds. The molecule has 3 aromatic rings. The van der Waals surface area contributed by atoms with Gasteiger partial charge in [0, 0.05) is 44.8 Å². The van der Waals surface area contributed by atoms with E-state index in [0.29, 0.717) is 32.5 Å². The van der Waals surface area contributed by atoms with Gasteiger partial charge in [-0.3, -0.25) is 0 Å². The molecule has 2 aliphatic rings. The number of fused-ring (bicyclic) bond motifs is 1. The average Bonchev–Trinajstić information content (AvgIpc) is 3.10. The van der Waals surface area contributed by atoms with Gasteiger partial charge in [-0.25, -0.2) is 13.2 Å². The number of nitrogens with one attached hydrogen (secondary N) is 1. The molecule has 0 aromatic heterocycles. The Morgan fingerprint density at radius 3 is 2.51 bits per heavy atom. The minimum absolute atomic E-state index is 0.109. The molecule has 0 aliphatic carbocycles. The third-order valence-corrected chi connectivity index (χ3v) is 11.4. The highest BCUT2D eigenvalue weighted by molar-refractivity contribution is 7.89. The lowest BCUT2D eigenvalue weighted by Gasteiger charge is -2.44. The summed E-state index contributed by atoms with van der Waals surface area (Å²) in [6.07, 6.45) is 0.593. The number of aryl methyl sites for hydroxylation is 1. The largest absolute Gasteiger partial charge is 0.497 e. The zero-order chi connectivity index (χ0) is 35.0. The smallest absolute Gasteiger partial charge is 0.404 e. The molecule has 2 heterocycles. The van der Waals surface area contributed by atoms with E-state index in [9.17, 15) is 18.3 Å². The van der Waals surface area contributed by atoms with Gasteiger partial charge in [-0.05, 0) is 80.1 Å². The summed E-state index contributed by atoms with van der Waals surface area (Å²) in [5, 5.41) is 12.1. The first-order chi connectivity index (χ1) is 23.6. The van der Waals surface area contributed by atoms with Crippen LogP contribution in [0.3, 0.4) is 0 Å². The van der Waals surface area contributed by atoms with Gasteiger partial charge in [0.2, 0.25) is 10.0 Å². The summed E-state index contributed by atoms with van der Waals surface area (Å²) in [5.41, 5.74) is 3.94. The van der Waals surface area contributed by atoms with Crippen molar-refractivity contribution < 1.29 is 37.3 Å². The zero-order valence-corrected chi connectivity index (χ0v) is 29.7. The summed E-state index contributed by atoms with van der Waals surface area (Å²) in [6.45, 7) is 7.13. The second kappa shape index (κ2) is 16.7. The maximum Gasteiger partial charge on any atom is 0.404 e. The van der Waals surface area contributed by atoms with Gasteiger partial charge in [-0.1, -0.05) is 42.8 Å². The van der Waals surface area contributed by atoms with E-state index in [1.807, 2.05) is 50.2 Å². The van der Waals surface area contributed by atoms with Crippen molar-refractivity contribution in [2.75, 3.05) is 52.0 Å². The lowest BCUT2D eigenvalue weighted by atomic mass is 9.82. The van der Waals surface area contributed by atoms with E-state index in [2.05, 4.69) is 16.3 Å². The number of piperidine rings is 1. The van der Waals surface area contributed by atoms with E-state index in [0.717, 1.165) is 53.4 Å². The molecule has 49 heavy (non-hydrogen) atoms. The molecule has 2 aliphatic heterocycles. The van der Waals surface area contributed by atoms with E-state index in [4.69, 9.17) is 18.9 Å². The molecule has 1 fully saturated rings. The summed E-state index contributed by atoms with van der Waals surface area (Å²) in [7, 11) is -0.623. The van der Waals surface area contributed by atoms with Gasteiger partial charge in [-0.2, -0.15) is 4.31 Å². The fourth-order valence-corrected chi connectivity index (χ4v) is 8.47. The van der Waals surface area contributed by atoms with E-state index in [-0.39, 0.29) is 24.0 Å². The van der Waals surface area contributed by atoms with Gasteiger partial charge in [-0.15, -0.1) is 0 Å². The van der Waals surface area contributed by atoms with Crippen LogP contribution in [0.2, 0.25) is 0 Å². The zero-order valence-electron chi connectivity index (χ0n) is 28.8. The number of hydrogen-bond donors (Lipinski definition) is 2. The van der Waals surface area contributed by atoms with Crippen LogP contribution in [0.1, 0.15) is 55.2 Å². The van der Waals surface area contributed by atoms with Crippen LogP contribution in [-0.2, 0) is 26.1 Å². The summed E-state index contributed by atoms with van der Waals surface area (Å²) < 4.78 is 53.6. The Morgan fingerprint density at radius 1 is 1.08 bits per heavy atom. The topological polar surface area (TPSA) is 127 Å². The molecule has 1 saturated heterocycles. The molecular formula is C37H49N3O8S. The molecular weight excluding hydrogens is 646 g/mol. The van der Waals surface area contributed by atoms with Crippen LogP contribution in [0.25, 0.3) is 0 Å². The van der Waals surface area contributed by atoms with Crippen molar-refractivity contribution in [2.45, 2.75) is 75.1 Å². The number of hydrogen-bond acceptors (Lipinski definition) is 8. The molecule has 3 aromatic carbocycles. The van der Waals surface area contributed by atoms with Crippen molar-refractivity contribution in [2.24, 2.45) is 0 Å². The third-order valence-electron chi connectivity index (χ3n) is 9.51. The second-order valence-electron chi connectivity index (χ2n) is 12.8. The Balaban J connectivity index is 1.47. The van der Waals surface area contributed by atoms with Gasteiger partial charge in [0.05, 0.1) is 36.9 Å². The SMILES string of the molecule is CC[C@H](C[C@H]1C[C@H](c2ccc(OC)cc2)[C@@H](OCc2ccc3c(c2)N(CCCOC)CCO3)CN1S(=O)(=O)c1ccc(C)cc1)NC(=O)O. The molecule has 0 saturated carbocycles. The van der Waals surface area contributed by atoms with E-state index >= 15 is 0 Å². The first-order valence-corrected chi connectivity index (χ1v) is 18.4. The van der Waals surface area contributed by atoms with Crippen molar-refractivity contribution >= 4 is 21.8 Å². The number of benzene rings is 3. The minimum Gasteiger partial charge on any atom is -0.497 e. The monoisotopic (exact) mass is 695 g/mol. The first-order valence-electron chi connectivity index (χ1n) is 17.0. The molecule has 0 spiro atoms. The number of rotatable bonds is 15. The third kappa shape index (κ3) is 9.04. The van der Waals surface area contributed by atoms with E-state index in [1.165, 1.54) is 4.31 Å². The van der Waals surface area contributed by atoms with E-state index < -0.39 is 34.3 Å². The van der Waals surface area contributed by atoms with Crippen LogP contribution in [0.15, 0.2) is 71.6 Å². The van der Waals surface area contributed by atoms with Crippen LogP contribution in [0, 0.1) is 6.92 Å². The van der Waals surface area contributed by atoms with Crippen LogP contribution in [0.5, 0.6) is 11.5 Å². The standard InChI is InChI=1S/C37H49N3O8S/c1-5-29(38-37(41)42)22-30-23-33(28-10-12-31(46-4)13-11-28)36(24-40(30)49(43,44)32-14-7-26(2)8-15-32)48-25-27-9-16-35-34(21-27)39(18-20-47-35)17-6-19-45-3/h7-16,21,29-30,33,36,38H,5-6,17-20,22-25H2,1-4H3,(H,41,42)/t29-,30+,33-,36+/m1/s1. The summed E-state index contributed by atoms with van der Waals surface area (Å²) >= 11 is 0. The Labute approximate surface area is 290 Å². The predicted molar refractivity (Wildman–Crippen MR) is 188 cm³/mol. The lowest BCUT2D eigenvalue weighted by molar-refractivity contribution is -0.0219. The molecule has 0 bridgehead atoms. The number of carboxylic acid groups (broad SMARTS) is 1. The normalized spacial score (nSPS) is 20.2. The predicted octanol–water partition coefficient (Wildman–Crippen LogP) is 5.81. The number of carbonyl (C=O) groups is 1. The Morgan fingerprint density at radius 2 is 1.84 bits per heavy atom. The molecule has 266 valence electrons. The average molecular weight is 696 g/mol. The van der Waals surface area contributed by atoms with Crippen molar-refractivity contribution in [3.05, 3.63) is 83.4 Å². The van der Waals surface area contributed by atoms with Crippen molar-refractivity contribution in [3.8, 4) is 11.5 Å². The van der Waals surface area contributed by atoms with Gasteiger partial charge in [0.25, 0.3) is 0 Å². The highest BCUT2D eigenvalue weighted by Gasteiger charge is 2.43. The quantitative estimate of drug-likeness (QED) is 0.190. The fourth-order valence-electron chi connectivity index (χ4n) is 6.81. The fraction of sp³-hybridized carbons (Fsp3) is 0.486. The molecule has 4 atom stereocenters. The Bertz CT molecular complexity index is 1630. The van der Waals surface area contributed by atoms with Crippen molar-refractivity contribution in [3.63, 3.8) is 0 Å². The van der Waals surface area contributed by atoms with Crippen LogP contribution < -0.4 is 19.7 Å². The van der Waals surface area contributed by atoms with Crippen molar-refractivity contribution in [1.29, 1.82) is 0 Å². The van der Waals surface area contributed by atoms with Gasteiger partial charge < -0.3 is 34.3 Å². The number of nitrogens with zero attached hydrogens (tertiary/aromatic N) is 2. The number of methoxy groups -OCH3 is 2. The molecule has 5 rings (SSSR count). The molecule has 11 nitrogen and oxygen atoms in total. The van der Waals surface area contributed by atoms with Crippen LogP contribution in [-0.4, -0.2) is 89.2 Å². The minimum atomic E-state index is -3.95. The lowest BCUT2D eigenvalue weighted by Crippen LogP contribution is -2.54. The van der Waals surface area contributed by atoms with Crippen molar-refractivity contribution in [1.82, 2.24) is 9.62 Å². The van der Waals surface area contributed by atoms with E-state index in [1.54, 1.807) is 38.5 Å². The molecule has 12 heteroatoms. The van der Waals surface area contributed by atoms with Gasteiger partial charge in [0.1, 0.15) is 18.1 Å². The Kier molecular flexibility index (Phi) is 12.4. The molecule has 0 unspecified atom stereocenters.